The number of carbonyl (C=O) groups excluding carboxylic acids is 1. The van der Waals surface area contributed by atoms with Crippen molar-refractivity contribution in [3.05, 3.63) is 47.4 Å². The number of fused-ring (bicyclic) bond motifs is 1. The van der Waals surface area contributed by atoms with E-state index >= 15 is 0 Å². The molecule has 154 valence electrons. The fourth-order valence-electron chi connectivity index (χ4n) is 3.67. The number of aromatic nitrogens is 1. The number of halogens is 1. The normalized spacial score (nSPS) is 17.0. The number of hydrogen-bond acceptors (Lipinski definition) is 5. The summed E-state index contributed by atoms with van der Waals surface area (Å²) in [6, 6.07) is 6.08. The van der Waals surface area contributed by atoms with E-state index in [2.05, 4.69) is 19.9 Å². The monoisotopic (exact) mass is 418 g/mol. The summed E-state index contributed by atoms with van der Waals surface area (Å²) in [5.74, 6) is -0.206. The summed E-state index contributed by atoms with van der Waals surface area (Å²) in [5, 5.41) is 2.56. The van der Waals surface area contributed by atoms with Crippen molar-refractivity contribution in [1.29, 1.82) is 0 Å². The van der Waals surface area contributed by atoms with Crippen LogP contribution in [0.25, 0.3) is 0 Å². The van der Waals surface area contributed by atoms with Gasteiger partial charge in [-0.3, -0.25) is 4.79 Å². The molecule has 0 radical (unpaired) electrons. The fraction of sp³-hybridized carbons (Fsp3) is 0.400. The number of hydrogen-bond donors (Lipinski definition) is 2. The minimum atomic E-state index is -4.04. The first-order chi connectivity index (χ1) is 13.9. The van der Waals surface area contributed by atoms with Crippen LogP contribution in [0.15, 0.2) is 35.4 Å². The Morgan fingerprint density at radius 3 is 2.66 bits per heavy atom. The lowest BCUT2D eigenvalue weighted by Crippen LogP contribution is -2.30. The van der Waals surface area contributed by atoms with Crippen molar-refractivity contribution < 1.29 is 17.6 Å². The minimum Gasteiger partial charge on any atom is -0.357 e. The lowest BCUT2D eigenvalue weighted by Gasteiger charge is -2.27. The van der Waals surface area contributed by atoms with E-state index in [1.54, 1.807) is 6.20 Å². The highest BCUT2D eigenvalue weighted by Gasteiger charge is 2.24. The molecule has 1 aromatic heterocycles. The number of nitrogens with one attached hydrogen (secondary N) is 2. The second-order valence-corrected chi connectivity index (χ2v) is 9.12. The van der Waals surface area contributed by atoms with Crippen LogP contribution in [0, 0.1) is 5.82 Å². The van der Waals surface area contributed by atoms with Gasteiger partial charge in [-0.15, -0.1) is 0 Å². The largest absolute Gasteiger partial charge is 0.357 e. The molecule has 3 heterocycles. The number of rotatable bonds is 5. The summed E-state index contributed by atoms with van der Waals surface area (Å²) in [7, 11) is -4.04. The Balaban J connectivity index is 1.46. The minimum absolute atomic E-state index is 0.0167. The molecular weight excluding hydrogens is 395 g/mol. The Bertz CT molecular complexity index is 1020. The Hall–Kier alpha value is -2.52. The molecular formula is C20H23FN4O3S. The van der Waals surface area contributed by atoms with E-state index in [4.69, 9.17) is 0 Å². The van der Waals surface area contributed by atoms with Crippen LogP contribution in [0.3, 0.4) is 0 Å². The van der Waals surface area contributed by atoms with E-state index in [1.165, 1.54) is 12.5 Å². The van der Waals surface area contributed by atoms with E-state index in [-0.39, 0.29) is 18.9 Å². The lowest BCUT2D eigenvalue weighted by molar-refractivity contribution is -0.116. The number of pyridine rings is 1. The summed E-state index contributed by atoms with van der Waals surface area (Å²) in [6.07, 6.45) is 5.82. The zero-order valence-corrected chi connectivity index (χ0v) is 16.8. The van der Waals surface area contributed by atoms with Gasteiger partial charge in [0.05, 0.1) is 0 Å². The quantitative estimate of drug-likeness (QED) is 0.779. The van der Waals surface area contributed by atoms with Crippen molar-refractivity contribution >= 4 is 27.4 Å². The number of nitrogens with zero attached hydrogens (tertiary/aromatic N) is 2. The number of piperidine rings is 1. The van der Waals surface area contributed by atoms with Gasteiger partial charge < -0.3 is 10.2 Å². The third kappa shape index (κ3) is 4.40. The highest BCUT2D eigenvalue weighted by molar-refractivity contribution is 7.89. The molecule has 2 N–H and O–H groups in total. The summed E-state index contributed by atoms with van der Waals surface area (Å²) in [6.45, 7) is 1.98. The van der Waals surface area contributed by atoms with Gasteiger partial charge in [-0.05, 0) is 55.0 Å². The smallest absolute Gasteiger partial charge is 0.243 e. The van der Waals surface area contributed by atoms with Crippen LogP contribution in [0.2, 0.25) is 0 Å². The van der Waals surface area contributed by atoms with Crippen molar-refractivity contribution in [3.8, 4) is 0 Å². The summed E-state index contributed by atoms with van der Waals surface area (Å²) >= 11 is 0. The number of amides is 1. The molecule has 0 atom stereocenters. The number of aryl methyl sites for hydroxylation is 1. The van der Waals surface area contributed by atoms with Crippen LogP contribution in [0.1, 0.15) is 36.8 Å². The number of carbonyl (C=O) groups is 1. The van der Waals surface area contributed by atoms with E-state index < -0.39 is 20.7 Å². The first-order valence-corrected chi connectivity index (χ1v) is 11.2. The Labute approximate surface area is 169 Å². The molecule has 7 nitrogen and oxygen atoms in total. The molecule has 29 heavy (non-hydrogen) atoms. The number of benzene rings is 1. The van der Waals surface area contributed by atoms with Crippen molar-refractivity contribution in [3.63, 3.8) is 0 Å². The second-order valence-electron chi connectivity index (χ2n) is 7.38. The van der Waals surface area contributed by atoms with Gasteiger partial charge in [0.1, 0.15) is 16.5 Å². The zero-order chi connectivity index (χ0) is 20.4. The molecule has 2 aromatic rings. The van der Waals surface area contributed by atoms with Gasteiger partial charge in [0.15, 0.2) is 0 Å². The van der Waals surface area contributed by atoms with Crippen LogP contribution < -0.4 is 14.9 Å². The zero-order valence-electron chi connectivity index (χ0n) is 15.9. The predicted molar refractivity (Wildman–Crippen MR) is 108 cm³/mol. The Kier molecular flexibility index (Phi) is 5.51. The maximum Gasteiger partial charge on any atom is 0.243 e. The maximum absolute atomic E-state index is 14.4. The van der Waals surface area contributed by atoms with Crippen LogP contribution in [-0.4, -0.2) is 32.4 Å². The molecule has 0 spiro atoms. The highest BCUT2D eigenvalue weighted by Crippen LogP contribution is 2.28. The van der Waals surface area contributed by atoms with Crippen LogP contribution >= 0.6 is 0 Å². The van der Waals surface area contributed by atoms with Gasteiger partial charge in [-0.1, -0.05) is 6.07 Å². The standard InChI is InChI=1S/C20H23FN4O3S/c21-16-11-17-15(5-7-20(26)24-17)10-18(16)29(27,28)23-13-14-4-6-19(22-12-14)25-8-2-1-3-9-25/h4,6,10-12,23H,1-3,5,7-9,13H2,(H,24,26). The highest BCUT2D eigenvalue weighted by atomic mass is 32.2. The van der Waals surface area contributed by atoms with Crippen molar-refractivity contribution in [2.45, 2.75) is 43.5 Å². The molecule has 9 heteroatoms. The van der Waals surface area contributed by atoms with Gasteiger partial charge in [0.2, 0.25) is 15.9 Å². The molecule has 1 amide bonds. The van der Waals surface area contributed by atoms with E-state index in [1.807, 2.05) is 12.1 Å². The van der Waals surface area contributed by atoms with Crippen LogP contribution in [-0.2, 0) is 27.8 Å². The summed E-state index contributed by atoms with van der Waals surface area (Å²) in [4.78, 5) is 17.7. The predicted octanol–water partition coefficient (Wildman–Crippen LogP) is 2.57. The molecule has 0 aliphatic carbocycles. The SMILES string of the molecule is O=C1CCc2cc(S(=O)(=O)NCc3ccc(N4CCCCC4)nc3)c(F)cc2N1. The van der Waals surface area contributed by atoms with Gasteiger partial charge in [0, 0.05) is 37.9 Å². The lowest BCUT2D eigenvalue weighted by atomic mass is 10.0. The van der Waals surface area contributed by atoms with Crippen molar-refractivity contribution in [2.24, 2.45) is 0 Å². The molecule has 1 fully saturated rings. The number of anilines is 2. The topological polar surface area (TPSA) is 91.4 Å². The van der Waals surface area contributed by atoms with E-state index in [0.29, 0.717) is 23.2 Å². The second kappa shape index (κ2) is 8.08. The molecule has 1 aromatic carbocycles. The van der Waals surface area contributed by atoms with Gasteiger partial charge in [-0.2, -0.15) is 0 Å². The molecule has 4 rings (SSSR count). The average molecular weight is 418 g/mol. The molecule has 0 unspecified atom stereocenters. The fourth-order valence-corrected chi connectivity index (χ4v) is 4.80. The molecule has 2 aliphatic heterocycles. The number of sulfonamides is 1. The van der Waals surface area contributed by atoms with Gasteiger partial charge in [-0.25, -0.2) is 22.5 Å². The molecule has 1 saturated heterocycles. The van der Waals surface area contributed by atoms with Crippen LogP contribution in [0.5, 0.6) is 0 Å². The molecule has 0 saturated carbocycles. The van der Waals surface area contributed by atoms with Crippen molar-refractivity contribution in [1.82, 2.24) is 9.71 Å². The van der Waals surface area contributed by atoms with Crippen molar-refractivity contribution in [2.75, 3.05) is 23.3 Å². The van der Waals surface area contributed by atoms with Gasteiger partial charge in [0.25, 0.3) is 0 Å². The Morgan fingerprint density at radius 1 is 1.14 bits per heavy atom. The third-order valence-electron chi connectivity index (χ3n) is 5.30. The third-order valence-corrected chi connectivity index (χ3v) is 6.71. The Morgan fingerprint density at radius 2 is 1.93 bits per heavy atom. The molecule has 2 aliphatic rings. The average Bonchev–Trinajstić information content (AvgIpc) is 2.72. The first-order valence-electron chi connectivity index (χ1n) is 9.74. The van der Waals surface area contributed by atoms with E-state index in [9.17, 15) is 17.6 Å². The van der Waals surface area contributed by atoms with Crippen LogP contribution in [0.4, 0.5) is 15.9 Å². The van der Waals surface area contributed by atoms with E-state index in [0.717, 1.165) is 37.8 Å². The summed E-state index contributed by atoms with van der Waals surface area (Å²) in [5.41, 5.74) is 1.63. The first kappa shape index (κ1) is 19.8. The van der Waals surface area contributed by atoms with Gasteiger partial charge >= 0.3 is 0 Å². The molecule has 0 bridgehead atoms. The summed E-state index contributed by atoms with van der Waals surface area (Å²) < 4.78 is 42.1. The maximum atomic E-state index is 14.4.